The minimum absolute atomic E-state index is 0.0481. The molecule has 0 atom stereocenters. The Morgan fingerprint density at radius 3 is 2.62 bits per heavy atom. The molecule has 0 aliphatic heterocycles. The molecule has 0 bridgehead atoms. The van der Waals surface area contributed by atoms with Crippen molar-refractivity contribution in [1.29, 1.82) is 5.26 Å². The van der Waals surface area contributed by atoms with Crippen molar-refractivity contribution in [3.8, 4) is 6.07 Å². The molecule has 0 saturated carbocycles. The summed E-state index contributed by atoms with van der Waals surface area (Å²) >= 11 is 5.73. The predicted octanol–water partition coefficient (Wildman–Crippen LogP) is 3.11. The highest BCUT2D eigenvalue weighted by Crippen LogP contribution is 2.31. The van der Waals surface area contributed by atoms with Gasteiger partial charge in [0.05, 0.1) is 16.1 Å². The van der Waals surface area contributed by atoms with Crippen LogP contribution in [0.4, 0.5) is 13.2 Å². The molecule has 2 aromatic rings. The second kappa shape index (κ2) is 3.39. The first-order valence-electron chi connectivity index (χ1n) is 4.09. The maximum absolute atomic E-state index is 12.3. The van der Waals surface area contributed by atoms with Crippen LogP contribution in [0.25, 0.3) is 11.0 Å². The summed E-state index contributed by atoms with van der Waals surface area (Å²) in [5.41, 5.74) is 0.193. The summed E-state index contributed by atoms with van der Waals surface area (Å²) in [4.78, 5) is 5.43. The van der Waals surface area contributed by atoms with Gasteiger partial charge in [-0.25, -0.2) is 4.98 Å². The predicted molar refractivity (Wildman–Crippen MR) is 50.8 cm³/mol. The standard InChI is InChI=1S/C9H3ClF3N3/c10-6-4(3-14)1-2-5-7(6)16-8(15-5)9(11,12)13/h1-2H,(H,15,16). The van der Waals surface area contributed by atoms with E-state index in [0.717, 1.165) is 0 Å². The maximum atomic E-state index is 12.3. The second-order valence-electron chi connectivity index (χ2n) is 3.02. The van der Waals surface area contributed by atoms with E-state index in [-0.39, 0.29) is 21.6 Å². The molecule has 0 fully saturated rings. The molecule has 0 aliphatic carbocycles. The highest BCUT2D eigenvalue weighted by Gasteiger charge is 2.35. The number of benzene rings is 1. The van der Waals surface area contributed by atoms with Gasteiger partial charge in [0.25, 0.3) is 0 Å². The molecule has 3 nitrogen and oxygen atoms in total. The van der Waals surface area contributed by atoms with Crippen LogP contribution in [0.3, 0.4) is 0 Å². The number of alkyl halides is 3. The fourth-order valence-corrected chi connectivity index (χ4v) is 1.51. The largest absolute Gasteiger partial charge is 0.449 e. The number of imidazole rings is 1. The van der Waals surface area contributed by atoms with Crippen LogP contribution in [-0.4, -0.2) is 9.97 Å². The van der Waals surface area contributed by atoms with Gasteiger partial charge < -0.3 is 4.98 Å². The molecule has 1 aromatic carbocycles. The van der Waals surface area contributed by atoms with Gasteiger partial charge in [-0.2, -0.15) is 18.4 Å². The van der Waals surface area contributed by atoms with Crippen LogP contribution in [0.15, 0.2) is 12.1 Å². The number of H-pyrrole nitrogens is 1. The number of rotatable bonds is 0. The quantitative estimate of drug-likeness (QED) is 0.775. The molecule has 0 aliphatic rings. The van der Waals surface area contributed by atoms with Crippen LogP contribution in [0.1, 0.15) is 11.4 Å². The topological polar surface area (TPSA) is 52.5 Å². The van der Waals surface area contributed by atoms with Crippen molar-refractivity contribution in [2.24, 2.45) is 0 Å². The zero-order valence-corrected chi connectivity index (χ0v) is 8.32. The third-order valence-corrected chi connectivity index (χ3v) is 2.36. The number of halogens is 4. The molecule has 0 amide bonds. The Morgan fingerprint density at radius 2 is 2.06 bits per heavy atom. The number of aromatic nitrogens is 2. The van der Waals surface area contributed by atoms with Gasteiger partial charge >= 0.3 is 6.18 Å². The zero-order chi connectivity index (χ0) is 11.9. The smallest absolute Gasteiger partial charge is 0.334 e. The van der Waals surface area contributed by atoms with Crippen LogP contribution in [0.2, 0.25) is 5.02 Å². The molecule has 82 valence electrons. The molecule has 16 heavy (non-hydrogen) atoms. The fourth-order valence-electron chi connectivity index (χ4n) is 1.26. The van der Waals surface area contributed by atoms with E-state index in [1.165, 1.54) is 12.1 Å². The number of nitriles is 1. The Hall–Kier alpha value is -1.74. The molecule has 1 aromatic heterocycles. The molecule has 1 N–H and O–H groups in total. The monoisotopic (exact) mass is 245 g/mol. The number of aromatic amines is 1. The molecule has 7 heteroatoms. The van der Waals surface area contributed by atoms with Crippen LogP contribution < -0.4 is 0 Å². The summed E-state index contributed by atoms with van der Waals surface area (Å²) in [5, 5.41) is 8.57. The third-order valence-electron chi connectivity index (χ3n) is 1.98. The number of fused-ring (bicyclic) bond motifs is 1. The van der Waals surface area contributed by atoms with Crippen molar-refractivity contribution in [3.63, 3.8) is 0 Å². The Balaban J connectivity index is 2.73. The SMILES string of the molecule is N#Cc1ccc2[nH]c(C(F)(F)F)nc2c1Cl. The number of nitrogens with one attached hydrogen (secondary N) is 1. The molecule has 0 unspecified atom stereocenters. The Bertz CT molecular complexity index is 594. The van der Waals surface area contributed by atoms with E-state index in [4.69, 9.17) is 16.9 Å². The highest BCUT2D eigenvalue weighted by atomic mass is 35.5. The molecule has 1 heterocycles. The van der Waals surface area contributed by atoms with Gasteiger partial charge in [-0.15, -0.1) is 0 Å². The van der Waals surface area contributed by atoms with Gasteiger partial charge in [0.2, 0.25) is 5.82 Å². The summed E-state index contributed by atoms with van der Waals surface area (Å²) in [6, 6.07) is 4.44. The molecule has 0 spiro atoms. The number of nitrogens with zero attached hydrogens (tertiary/aromatic N) is 2. The van der Waals surface area contributed by atoms with Crippen LogP contribution in [0, 0.1) is 11.3 Å². The van der Waals surface area contributed by atoms with Gasteiger partial charge in [-0.05, 0) is 12.1 Å². The van der Waals surface area contributed by atoms with Crippen molar-refractivity contribution in [1.82, 2.24) is 9.97 Å². The summed E-state index contributed by atoms with van der Waals surface area (Å²) in [6.45, 7) is 0. The second-order valence-corrected chi connectivity index (χ2v) is 3.40. The van der Waals surface area contributed by atoms with Crippen LogP contribution in [0.5, 0.6) is 0 Å². The molecule has 0 saturated heterocycles. The lowest BCUT2D eigenvalue weighted by atomic mass is 10.2. The van der Waals surface area contributed by atoms with E-state index in [1.54, 1.807) is 6.07 Å². The van der Waals surface area contributed by atoms with E-state index in [2.05, 4.69) is 9.97 Å². The number of hydrogen-bond acceptors (Lipinski definition) is 2. The van der Waals surface area contributed by atoms with E-state index >= 15 is 0 Å². The van der Waals surface area contributed by atoms with Gasteiger partial charge in [0.1, 0.15) is 11.6 Å². The highest BCUT2D eigenvalue weighted by molar-refractivity contribution is 6.36. The van der Waals surface area contributed by atoms with E-state index in [9.17, 15) is 13.2 Å². The lowest BCUT2D eigenvalue weighted by Gasteiger charge is -1.98. The fraction of sp³-hybridized carbons (Fsp3) is 0.111. The van der Waals surface area contributed by atoms with E-state index in [0.29, 0.717) is 0 Å². The van der Waals surface area contributed by atoms with E-state index in [1.807, 2.05) is 0 Å². The van der Waals surface area contributed by atoms with Crippen molar-refractivity contribution >= 4 is 22.6 Å². The summed E-state index contributed by atoms with van der Waals surface area (Å²) in [7, 11) is 0. The molecular weight excluding hydrogens is 243 g/mol. The number of hydrogen-bond donors (Lipinski definition) is 1. The van der Waals surface area contributed by atoms with Gasteiger partial charge in [0.15, 0.2) is 0 Å². The molecular formula is C9H3ClF3N3. The first-order chi connectivity index (χ1) is 7.43. The Kier molecular flexibility index (Phi) is 2.28. The van der Waals surface area contributed by atoms with Crippen LogP contribution >= 0.6 is 11.6 Å². The van der Waals surface area contributed by atoms with Gasteiger partial charge in [-0.3, -0.25) is 0 Å². The van der Waals surface area contributed by atoms with Crippen molar-refractivity contribution in [2.75, 3.05) is 0 Å². The summed E-state index contributed by atoms with van der Waals surface area (Å²) in [5.74, 6) is -1.13. The van der Waals surface area contributed by atoms with Crippen molar-refractivity contribution in [3.05, 3.63) is 28.5 Å². The minimum Gasteiger partial charge on any atom is -0.334 e. The Morgan fingerprint density at radius 1 is 1.38 bits per heavy atom. The van der Waals surface area contributed by atoms with Crippen molar-refractivity contribution < 1.29 is 13.2 Å². The third kappa shape index (κ3) is 1.59. The summed E-state index contributed by atoms with van der Waals surface area (Å²) in [6.07, 6.45) is -4.56. The average molecular weight is 246 g/mol. The van der Waals surface area contributed by atoms with Crippen molar-refractivity contribution in [2.45, 2.75) is 6.18 Å². The molecule has 2 rings (SSSR count). The Labute approximate surface area is 92.5 Å². The normalized spacial score (nSPS) is 11.7. The maximum Gasteiger partial charge on any atom is 0.449 e. The lowest BCUT2D eigenvalue weighted by molar-refractivity contribution is -0.144. The zero-order valence-electron chi connectivity index (χ0n) is 7.56. The summed E-state index contributed by atoms with van der Waals surface area (Å²) < 4.78 is 37.0. The van der Waals surface area contributed by atoms with E-state index < -0.39 is 12.0 Å². The average Bonchev–Trinajstić information content (AvgIpc) is 2.62. The first kappa shape index (κ1) is 10.8. The van der Waals surface area contributed by atoms with Gasteiger partial charge in [-0.1, -0.05) is 11.6 Å². The van der Waals surface area contributed by atoms with Crippen LogP contribution in [-0.2, 0) is 6.18 Å². The molecule has 0 radical (unpaired) electrons. The lowest BCUT2D eigenvalue weighted by Crippen LogP contribution is -2.06. The first-order valence-corrected chi connectivity index (χ1v) is 4.47. The van der Waals surface area contributed by atoms with Gasteiger partial charge in [0, 0.05) is 0 Å². The minimum atomic E-state index is -4.56.